The predicted octanol–water partition coefficient (Wildman–Crippen LogP) is 2.52. The van der Waals surface area contributed by atoms with Gasteiger partial charge in [-0.05, 0) is 37.6 Å². The first-order chi connectivity index (χ1) is 11.6. The maximum Gasteiger partial charge on any atom is 0.236 e. The van der Waals surface area contributed by atoms with Gasteiger partial charge in [0.25, 0.3) is 0 Å². The zero-order valence-corrected chi connectivity index (χ0v) is 16.5. The molecule has 0 bridgehead atoms. The van der Waals surface area contributed by atoms with E-state index in [0.29, 0.717) is 6.54 Å². The summed E-state index contributed by atoms with van der Waals surface area (Å²) in [6.45, 7) is 7.83. The summed E-state index contributed by atoms with van der Waals surface area (Å²) in [5.41, 5.74) is 6.99. The molecule has 5 nitrogen and oxygen atoms in total. The van der Waals surface area contributed by atoms with E-state index in [0.717, 1.165) is 57.0 Å². The number of benzene rings is 1. The Morgan fingerprint density at radius 2 is 2.04 bits per heavy atom. The Labute approximate surface area is 162 Å². The van der Waals surface area contributed by atoms with Crippen LogP contribution < -0.4 is 16.0 Å². The molecule has 1 heterocycles. The van der Waals surface area contributed by atoms with Crippen molar-refractivity contribution < 1.29 is 4.79 Å². The van der Waals surface area contributed by atoms with Gasteiger partial charge in [-0.15, -0.1) is 12.4 Å². The van der Waals surface area contributed by atoms with E-state index in [1.165, 1.54) is 5.69 Å². The third kappa shape index (κ3) is 7.40. The largest absolute Gasteiger partial charge is 0.369 e. The van der Waals surface area contributed by atoms with Crippen molar-refractivity contribution in [2.75, 3.05) is 44.2 Å². The van der Waals surface area contributed by atoms with Crippen molar-refractivity contribution in [2.45, 2.75) is 32.2 Å². The molecule has 0 saturated carbocycles. The maximum atomic E-state index is 11.7. The number of piperazine rings is 1. The fourth-order valence-electron chi connectivity index (χ4n) is 2.99. The summed E-state index contributed by atoms with van der Waals surface area (Å²) in [5.74, 6) is -0.0253. The van der Waals surface area contributed by atoms with E-state index in [1.807, 2.05) is 25.1 Å². The summed E-state index contributed by atoms with van der Waals surface area (Å²) in [6.07, 6.45) is 2.64. The third-order valence-corrected chi connectivity index (χ3v) is 4.67. The van der Waals surface area contributed by atoms with Gasteiger partial charge < -0.3 is 16.0 Å². The summed E-state index contributed by atoms with van der Waals surface area (Å²) in [5, 5.41) is 3.72. The standard InChI is InChI=1S/C18H29ClN4O.ClH/c1-2-5-17(20)18(24)21-8-4-9-22-10-12-23(13-11-22)16-7-3-6-15(19)14-16;/h3,6-7,14,17H,2,4-5,8-13,20H2,1H3,(H,21,24);1H. The van der Waals surface area contributed by atoms with Crippen LogP contribution in [0.15, 0.2) is 24.3 Å². The lowest BCUT2D eigenvalue weighted by atomic mass is 10.1. The molecule has 1 unspecified atom stereocenters. The molecule has 1 fully saturated rings. The highest BCUT2D eigenvalue weighted by molar-refractivity contribution is 6.30. The van der Waals surface area contributed by atoms with Crippen LogP contribution >= 0.6 is 24.0 Å². The molecule has 0 spiro atoms. The molecule has 1 amide bonds. The van der Waals surface area contributed by atoms with Crippen molar-refractivity contribution in [3.05, 3.63) is 29.3 Å². The Morgan fingerprint density at radius 1 is 1.32 bits per heavy atom. The highest BCUT2D eigenvalue weighted by Crippen LogP contribution is 2.20. The van der Waals surface area contributed by atoms with Gasteiger partial charge in [-0.1, -0.05) is 31.0 Å². The van der Waals surface area contributed by atoms with E-state index in [4.69, 9.17) is 17.3 Å². The van der Waals surface area contributed by atoms with Crippen LogP contribution in [0.5, 0.6) is 0 Å². The first-order valence-corrected chi connectivity index (χ1v) is 9.24. The van der Waals surface area contributed by atoms with Crippen LogP contribution in [-0.2, 0) is 4.79 Å². The van der Waals surface area contributed by atoms with E-state index in [1.54, 1.807) is 0 Å². The van der Waals surface area contributed by atoms with E-state index in [9.17, 15) is 4.79 Å². The van der Waals surface area contributed by atoms with Gasteiger partial charge in [-0.25, -0.2) is 0 Å². The van der Waals surface area contributed by atoms with Crippen molar-refractivity contribution in [1.29, 1.82) is 0 Å². The zero-order valence-electron chi connectivity index (χ0n) is 14.9. The van der Waals surface area contributed by atoms with Crippen LogP contribution in [0.3, 0.4) is 0 Å². The topological polar surface area (TPSA) is 61.6 Å². The van der Waals surface area contributed by atoms with Crippen LogP contribution in [0.1, 0.15) is 26.2 Å². The van der Waals surface area contributed by atoms with Gasteiger partial charge in [-0.2, -0.15) is 0 Å². The number of rotatable bonds is 8. The highest BCUT2D eigenvalue weighted by atomic mass is 35.5. The minimum Gasteiger partial charge on any atom is -0.369 e. The number of nitrogens with one attached hydrogen (secondary N) is 1. The van der Waals surface area contributed by atoms with Crippen LogP contribution in [0, 0.1) is 0 Å². The molecule has 142 valence electrons. The molecule has 2 rings (SSSR count). The second-order valence-electron chi connectivity index (χ2n) is 6.35. The fourth-order valence-corrected chi connectivity index (χ4v) is 3.17. The molecule has 0 aliphatic carbocycles. The van der Waals surface area contributed by atoms with Gasteiger partial charge in [0, 0.05) is 43.4 Å². The number of nitrogens with two attached hydrogens (primary N) is 1. The molecule has 7 heteroatoms. The van der Waals surface area contributed by atoms with Crippen molar-refractivity contribution in [1.82, 2.24) is 10.2 Å². The smallest absolute Gasteiger partial charge is 0.236 e. The molecule has 1 aliphatic rings. The SMILES string of the molecule is CCCC(N)C(=O)NCCCN1CCN(c2cccc(Cl)c2)CC1.Cl. The van der Waals surface area contributed by atoms with E-state index >= 15 is 0 Å². The maximum absolute atomic E-state index is 11.7. The number of carbonyl (C=O) groups excluding carboxylic acids is 1. The van der Waals surface area contributed by atoms with Gasteiger partial charge in [0.05, 0.1) is 6.04 Å². The Hall–Kier alpha value is -1.01. The molecule has 0 radical (unpaired) electrons. The fraction of sp³-hybridized carbons (Fsp3) is 0.611. The number of carbonyl (C=O) groups is 1. The Balaban J connectivity index is 0.00000312. The first-order valence-electron chi connectivity index (χ1n) is 8.86. The Kier molecular flexibility index (Phi) is 10.2. The Bertz CT molecular complexity index is 522. The van der Waals surface area contributed by atoms with Gasteiger partial charge in [-0.3, -0.25) is 9.69 Å². The molecule has 1 aliphatic heterocycles. The average molecular weight is 389 g/mol. The van der Waals surface area contributed by atoms with E-state index < -0.39 is 0 Å². The molecule has 1 saturated heterocycles. The molecule has 3 N–H and O–H groups in total. The minimum atomic E-state index is -0.365. The molecule has 1 aromatic rings. The van der Waals surface area contributed by atoms with Gasteiger partial charge in [0.15, 0.2) is 0 Å². The molecule has 0 aromatic heterocycles. The summed E-state index contributed by atoms with van der Waals surface area (Å²) in [7, 11) is 0. The first kappa shape index (κ1) is 22.0. The number of hydrogen-bond acceptors (Lipinski definition) is 4. The number of nitrogens with zero attached hydrogens (tertiary/aromatic N) is 2. The highest BCUT2D eigenvalue weighted by Gasteiger charge is 2.17. The molecular weight excluding hydrogens is 359 g/mol. The van der Waals surface area contributed by atoms with Gasteiger partial charge in [0.2, 0.25) is 5.91 Å². The normalized spacial score (nSPS) is 16.2. The van der Waals surface area contributed by atoms with Crippen molar-refractivity contribution in [3.8, 4) is 0 Å². The zero-order chi connectivity index (χ0) is 17.4. The van der Waals surface area contributed by atoms with Crippen molar-refractivity contribution in [3.63, 3.8) is 0 Å². The number of amides is 1. The van der Waals surface area contributed by atoms with E-state index in [-0.39, 0.29) is 24.4 Å². The summed E-state index contributed by atoms with van der Waals surface area (Å²) >= 11 is 6.06. The monoisotopic (exact) mass is 388 g/mol. The van der Waals surface area contributed by atoms with E-state index in [2.05, 4.69) is 21.2 Å². The minimum absolute atomic E-state index is 0. The predicted molar refractivity (Wildman–Crippen MR) is 108 cm³/mol. The van der Waals surface area contributed by atoms with Crippen molar-refractivity contribution >= 4 is 35.6 Å². The quantitative estimate of drug-likeness (QED) is 0.671. The van der Waals surface area contributed by atoms with Crippen LogP contribution in [0.25, 0.3) is 0 Å². The lowest BCUT2D eigenvalue weighted by molar-refractivity contribution is -0.122. The number of anilines is 1. The summed E-state index contributed by atoms with van der Waals surface area (Å²) in [4.78, 5) is 16.6. The second kappa shape index (κ2) is 11.6. The molecule has 25 heavy (non-hydrogen) atoms. The van der Waals surface area contributed by atoms with Gasteiger partial charge in [0.1, 0.15) is 0 Å². The lowest BCUT2D eigenvalue weighted by Crippen LogP contribution is -2.47. The van der Waals surface area contributed by atoms with Crippen LogP contribution in [0.2, 0.25) is 5.02 Å². The number of halogens is 2. The van der Waals surface area contributed by atoms with Crippen molar-refractivity contribution in [2.24, 2.45) is 5.73 Å². The summed E-state index contributed by atoms with van der Waals surface area (Å²) < 4.78 is 0. The van der Waals surface area contributed by atoms with Crippen LogP contribution in [-0.4, -0.2) is 56.1 Å². The molecule has 1 atom stereocenters. The van der Waals surface area contributed by atoms with Crippen LogP contribution in [0.4, 0.5) is 5.69 Å². The third-order valence-electron chi connectivity index (χ3n) is 4.43. The number of hydrogen-bond donors (Lipinski definition) is 2. The van der Waals surface area contributed by atoms with Gasteiger partial charge >= 0.3 is 0 Å². The average Bonchev–Trinajstić information content (AvgIpc) is 2.59. The second-order valence-corrected chi connectivity index (χ2v) is 6.78. The Morgan fingerprint density at radius 3 is 2.68 bits per heavy atom. The lowest BCUT2D eigenvalue weighted by Gasteiger charge is -2.36. The molecule has 1 aromatic carbocycles. The molecular formula is C18H30Cl2N4O. The summed E-state index contributed by atoms with van der Waals surface area (Å²) in [6, 6.07) is 7.66.